The molecule has 0 aromatic carbocycles. The van der Waals surface area contributed by atoms with E-state index < -0.39 is 5.60 Å². The van der Waals surface area contributed by atoms with Crippen LogP contribution in [-0.4, -0.2) is 36.4 Å². The van der Waals surface area contributed by atoms with E-state index in [4.69, 9.17) is 4.74 Å². The molecule has 0 radical (unpaired) electrons. The largest absolute Gasteiger partial charge is 0.388 e. The third-order valence-corrected chi connectivity index (χ3v) is 3.23. The summed E-state index contributed by atoms with van der Waals surface area (Å²) in [6.45, 7) is 3.08. The van der Waals surface area contributed by atoms with E-state index in [0.29, 0.717) is 13.2 Å². The van der Waals surface area contributed by atoms with Gasteiger partial charge >= 0.3 is 0 Å². The molecule has 0 spiro atoms. The van der Waals surface area contributed by atoms with Crippen LogP contribution in [0, 0.1) is 0 Å². The first-order valence-corrected chi connectivity index (χ1v) is 6.73. The summed E-state index contributed by atoms with van der Waals surface area (Å²) in [6, 6.07) is 0. The molecule has 1 rings (SSSR count). The number of rotatable bonds is 6. The normalized spacial score (nSPS) is 19.6. The Bertz CT molecular complexity index is 223. The van der Waals surface area contributed by atoms with Gasteiger partial charge in [0.25, 0.3) is 0 Å². The molecule has 0 bridgehead atoms. The lowest BCUT2D eigenvalue weighted by Gasteiger charge is -2.26. The number of carbonyl (C=O) groups is 1. The van der Waals surface area contributed by atoms with Crippen molar-refractivity contribution in [2.75, 3.05) is 19.8 Å². The van der Waals surface area contributed by atoms with Crippen LogP contribution < -0.4 is 5.32 Å². The van der Waals surface area contributed by atoms with Crippen molar-refractivity contribution in [1.82, 2.24) is 5.32 Å². The average Bonchev–Trinajstić information content (AvgIpc) is 2.53. The smallest absolute Gasteiger partial charge is 0.246 e. The van der Waals surface area contributed by atoms with E-state index in [1.165, 1.54) is 12.8 Å². The molecule has 1 saturated carbocycles. The molecule has 17 heavy (non-hydrogen) atoms. The highest BCUT2D eigenvalue weighted by molar-refractivity contribution is 5.77. The van der Waals surface area contributed by atoms with Crippen LogP contribution >= 0.6 is 0 Å². The Hall–Kier alpha value is -0.610. The van der Waals surface area contributed by atoms with Gasteiger partial charge in [-0.1, -0.05) is 32.6 Å². The molecule has 0 aliphatic heterocycles. The maximum atomic E-state index is 11.4. The molecule has 1 amide bonds. The molecule has 4 heteroatoms. The number of hydrogen-bond donors (Lipinski definition) is 2. The zero-order valence-electron chi connectivity index (χ0n) is 10.8. The Labute approximate surface area is 104 Å². The predicted molar refractivity (Wildman–Crippen MR) is 66.8 cm³/mol. The first-order valence-electron chi connectivity index (χ1n) is 6.73. The minimum Gasteiger partial charge on any atom is -0.388 e. The highest BCUT2D eigenvalue weighted by Gasteiger charge is 2.28. The number of hydrogen-bond acceptors (Lipinski definition) is 3. The fraction of sp³-hybridized carbons (Fsp3) is 0.923. The zero-order valence-corrected chi connectivity index (χ0v) is 10.8. The maximum absolute atomic E-state index is 11.4. The Morgan fingerprint density at radius 3 is 2.53 bits per heavy atom. The van der Waals surface area contributed by atoms with E-state index in [-0.39, 0.29) is 12.5 Å². The van der Waals surface area contributed by atoms with Crippen LogP contribution in [0.1, 0.15) is 51.9 Å². The summed E-state index contributed by atoms with van der Waals surface area (Å²) in [7, 11) is 0. The Morgan fingerprint density at radius 1 is 1.29 bits per heavy atom. The SMILES string of the molecule is CCCOCC(=O)NCC1(O)CCCCCC1. The van der Waals surface area contributed by atoms with Gasteiger partial charge < -0.3 is 15.2 Å². The van der Waals surface area contributed by atoms with Gasteiger partial charge in [-0.25, -0.2) is 0 Å². The van der Waals surface area contributed by atoms with Crippen LogP contribution in [0.4, 0.5) is 0 Å². The third kappa shape index (κ3) is 6.03. The van der Waals surface area contributed by atoms with Gasteiger partial charge in [-0.3, -0.25) is 4.79 Å². The summed E-state index contributed by atoms with van der Waals surface area (Å²) in [5.41, 5.74) is -0.698. The molecule has 100 valence electrons. The molecule has 0 unspecified atom stereocenters. The second-order valence-corrected chi connectivity index (χ2v) is 4.97. The lowest BCUT2D eigenvalue weighted by Crippen LogP contribution is -2.43. The Balaban J connectivity index is 2.20. The van der Waals surface area contributed by atoms with E-state index in [2.05, 4.69) is 5.32 Å². The summed E-state index contributed by atoms with van der Waals surface area (Å²) < 4.78 is 5.15. The standard InChI is InChI=1S/C13H25NO3/c1-2-9-17-10-12(15)14-11-13(16)7-5-3-4-6-8-13/h16H,2-11H2,1H3,(H,14,15). The second kappa shape index (κ2) is 7.67. The Kier molecular flexibility index (Phi) is 6.52. The quantitative estimate of drug-likeness (QED) is 0.550. The highest BCUT2D eigenvalue weighted by atomic mass is 16.5. The number of amides is 1. The predicted octanol–water partition coefficient (Wildman–Crippen LogP) is 1.61. The fourth-order valence-electron chi connectivity index (χ4n) is 2.19. The van der Waals surface area contributed by atoms with E-state index in [1.807, 2.05) is 6.92 Å². The first-order chi connectivity index (χ1) is 8.16. The zero-order chi connectivity index (χ0) is 12.6. The van der Waals surface area contributed by atoms with Gasteiger partial charge in [0, 0.05) is 13.2 Å². The van der Waals surface area contributed by atoms with Crippen molar-refractivity contribution in [2.24, 2.45) is 0 Å². The lowest BCUT2D eigenvalue weighted by molar-refractivity contribution is -0.127. The van der Waals surface area contributed by atoms with Crippen molar-refractivity contribution in [3.05, 3.63) is 0 Å². The van der Waals surface area contributed by atoms with Crippen molar-refractivity contribution in [3.63, 3.8) is 0 Å². The van der Waals surface area contributed by atoms with E-state index in [0.717, 1.165) is 32.1 Å². The average molecular weight is 243 g/mol. The molecule has 0 atom stereocenters. The van der Waals surface area contributed by atoms with Gasteiger partial charge in [-0.05, 0) is 19.3 Å². The van der Waals surface area contributed by atoms with Crippen LogP contribution in [0.2, 0.25) is 0 Å². The fourth-order valence-corrected chi connectivity index (χ4v) is 2.19. The van der Waals surface area contributed by atoms with Gasteiger partial charge in [0.2, 0.25) is 5.91 Å². The van der Waals surface area contributed by atoms with Crippen molar-refractivity contribution < 1.29 is 14.6 Å². The van der Waals surface area contributed by atoms with Crippen molar-refractivity contribution >= 4 is 5.91 Å². The minimum absolute atomic E-state index is 0.101. The minimum atomic E-state index is -0.698. The second-order valence-electron chi connectivity index (χ2n) is 4.97. The summed E-state index contributed by atoms with van der Waals surface area (Å²) in [5.74, 6) is -0.129. The van der Waals surface area contributed by atoms with Crippen molar-refractivity contribution in [1.29, 1.82) is 0 Å². The van der Waals surface area contributed by atoms with E-state index >= 15 is 0 Å². The summed E-state index contributed by atoms with van der Waals surface area (Å²) >= 11 is 0. The molecule has 0 saturated heterocycles. The van der Waals surface area contributed by atoms with Crippen LogP contribution in [-0.2, 0) is 9.53 Å². The van der Waals surface area contributed by atoms with Gasteiger partial charge in [-0.15, -0.1) is 0 Å². The summed E-state index contributed by atoms with van der Waals surface area (Å²) in [6.07, 6.45) is 6.99. The maximum Gasteiger partial charge on any atom is 0.246 e. The molecule has 0 heterocycles. The molecule has 1 aliphatic carbocycles. The van der Waals surface area contributed by atoms with E-state index in [1.54, 1.807) is 0 Å². The van der Waals surface area contributed by atoms with Crippen LogP contribution in [0.25, 0.3) is 0 Å². The summed E-state index contributed by atoms with van der Waals surface area (Å²) in [4.78, 5) is 11.4. The molecular formula is C13H25NO3. The highest BCUT2D eigenvalue weighted by Crippen LogP contribution is 2.26. The number of ether oxygens (including phenoxy) is 1. The molecule has 1 fully saturated rings. The molecular weight excluding hydrogens is 218 g/mol. The van der Waals surface area contributed by atoms with E-state index in [9.17, 15) is 9.90 Å². The van der Waals surface area contributed by atoms with Gasteiger partial charge in [0.15, 0.2) is 0 Å². The molecule has 0 aromatic heterocycles. The Morgan fingerprint density at radius 2 is 1.94 bits per heavy atom. The first kappa shape index (κ1) is 14.5. The topological polar surface area (TPSA) is 58.6 Å². The molecule has 1 aliphatic rings. The third-order valence-electron chi connectivity index (χ3n) is 3.23. The monoisotopic (exact) mass is 243 g/mol. The van der Waals surface area contributed by atoms with Crippen LogP contribution in [0.15, 0.2) is 0 Å². The molecule has 0 aromatic rings. The number of nitrogens with one attached hydrogen (secondary N) is 1. The van der Waals surface area contributed by atoms with Crippen LogP contribution in [0.3, 0.4) is 0 Å². The van der Waals surface area contributed by atoms with Gasteiger partial charge in [0.05, 0.1) is 5.60 Å². The lowest BCUT2D eigenvalue weighted by atomic mass is 9.94. The summed E-state index contributed by atoms with van der Waals surface area (Å²) in [5, 5.41) is 13.1. The van der Waals surface area contributed by atoms with Gasteiger partial charge in [0.1, 0.15) is 6.61 Å². The van der Waals surface area contributed by atoms with Crippen molar-refractivity contribution in [3.8, 4) is 0 Å². The van der Waals surface area contributed by atoms with Crippen LogP contribution in [0.5, 0.6) is 0 Å². The number of aliphatic hydroxyl groups is 1. The van der Waals surface area contributed by atoms with Crippen molar-refractivity contribution in [2.45, 2.75) is 57.5 Å². The number of carbonyl (C=O) groups excluding carboxylic acids is 1. The van der Waals surface area contributed by atoms with Gasteiger partial charge in [-0.2, -0.15) is 0 Å². The molecule has 4 nitrogen and oxygen atoms in total. The molecule has 2 N–H and O–H groups in total.